The summed E-state index contributed by atoms with van der Waals surface area (Å²) < 4.78 is 13.3. The van der Waals surface area contributed by atoms with E-state index in [1.54, 1.807) is 42.1 Å². The third-order valence-electron chi connectivity index (χ3n) is 6.01. The number of aromatic nitrogens is 4. The molecule has 0 aliphatic rings. The van der Waals surface area contributed by atoms with Crippen molar-refractivity contribution in [1.29, 1.82) is 5.26 Å². The topological polar surface area (TPSA) is 110 Å². The van der Waals surface area contributed by atoms with Gasteiger partial charge in [-0.15, -0.1) is 0 Å². The van der Waals surface area contributed by atoms with Crippen LogP contribution in [0.25, 0.3) is 50.7 Å². The molecule has 0 spiro atoms. The molecule has 178 valence electrons. The monoisotopic (exact) mass is 485 g/mol. The average molecular weight is 486 g/mol. The number of nitrogens with one attached hydrogen (secondary N) is 1. The summed E-state index contributed by atoms with van der Waals surface area (Å²) in [6.07, 6.45) is 3.46. The van der Waals surface area contributed by atoms with Gasteiger partial charge in [-0.25, -0.2) is 9.67 Å². The van der Waals surface area contributed by atoms with Crippen LogP contribution in [0, 0.1) is 11.3 Å². The molecule has 0 bridgehead atoms. The SMILES string of the molecule is COc1cccc2cc(-c3nn(-c4ccccc4)cc3C=C(C#N)c3nc4ccccc4c(=O)[nH]3)oc12. The van der Waals surface area contributed by atoms with Crippen molar-refractivity contribution in [2.75, 3.05) is 7.11 Å². The largest absolute Gasteiger partial charge is 0.493 e. The molecule has 6 rings (SSSR count). The zero-order valence-corrected chi connectivity index (χ0v) is 19.7. The van der Waals surface area contributed by atoms with Gasteiger partial charge in [0.25, 0.3) is 5.56 Å². The lowest BCUT2D eigenvalue weighted by Crippen LogP contribution is -2.11. The van der Waals surface area contributed by atoms with Crippen LogP contribution in [0.15, 0.2) is 94.3 Å². The lowest BCUT2D eigenvalue weighted by molar-refractivity contribution is 0.411. The zero-order valence-electron chi connectivity index (χ0n) is 19.7. The van der Waals surface area contributed by atoms with Gasteiger partial charge >= 0.3 is 0 Å². The number of methoxy groups -OCH3 is 1. The number of hydrogen-bond donors (Lipinski definition) is 1. The van der Waals surface area contributed by atoms with Gasteiger partial charge in [0.15, 0.2) is 22.9 Å². The van der Waals surface area contributed by atoms with Crippen LogP contribution in [0.4, 0.5) is 0 Å². The van der Waals surface area contributed by atoms with E-state index in [-0.39, 0.29) is 17.0 Å². The van der Waals surface area contributed by atoms with E-state index >= 15 is 0 Å². The Morgan fingerprint density at radius 2 is 1.89 bits per heavy atom. The van der Waals surface area contributed by atoms with Crippen LogP contribution in [0.3, 0.4) is 0 Å². The van der Waals surface area contributed by atoms with Gasteiger partial charge in [-0.1, -0.05) is 42.5 Å². The van der Waals surface area contributed by atoms with Gasteiger partial charge in [-0.05, 0) is 42.5 Å². The molecular formula is C29H19N5O3. The Balaban J connectivity index is 1.55. The van der Waals surface area contributed by atoms with E-state index in [2.05, 4.69) is 16.0 Å². The Bertz CT molecular complexity index is 1910. The second-order valence-electron chi connectivity index (χ2n) is 8.30. The molecule has 3 heterocycles. The number of nitriles is 1. The molecule has 37 heavy (non-hydrogen) atoms. The van der Waals surface area contributed by atoms with Crippen molar-refractivity contribution in [3.8, 4) is 29.0 Å². The minimum Gasteiger partial charge on any atom is -0.493 e. The zero-order chi connectivity index (χ0) is 25.4. The number of benzene rings is 3. The first-order valence-electron chi connectivity index (χ1n) is 11.5. The van der Waals surface area contributed by atoms with E-state index in [1.807, 2.05) is 60.8 Å². The van der Waals surface area contributed by atoms with Crippen molar-refractivity contribution in [2.24, 2.45) is 0 Å². The maximum Gasteiger partial charge on any atom is 0.259 e. The third kappa shape index (κ3) is 3.94. The lowest BCUT2D eigenvalue weighted by Gasteiger charge is -2.02. The molecule has 1 N–H and O–H groups in total. The highest BCUT2D eigenvalue weighted by Crippen LogP contribution is 2.35. The predicted octanol–water partition coefficient (Wildman–Crippen LogP) is 5.59. The van der Waals surface area contributed by atoms with E-state index in [0.717, 1.165) is 11.1 Å². The Kier molecular flexibility index (Phi) is 5.36. The molecule has 0 saturated carbocycles. The molecule has 0 amide bonds. The molecule has 0 unspecified atom stereocenters. The summed E-state index contributed by atoms with van der Waals surface area (Å²) in [7, 11) is 1.59. The summed E-state index contributed by atoms with van der Waals surface area (Å²) >= 11 is 0. The van der Waals surface area contributed by atoms with Crippen molar-refractivity contribution in [1.82, 2.24) is 19.7 Å². The Morgan fingerprint density at radius 3 is 2.70 bits per heavy atom. The fraction of sp³-hybridized carbons (Fsp3) is 0.0345. The van der Waals surface area contributed by atoms with Crippen molar-refractivity contribution >= 4 is 33.5 Å². The minimum atomic E-state index is -0.314. The van der Waals surface area contributed by atoms with Crippen molar-refractivity contribution in [2.45, 2.75) is 0 Å². The van der Waals surface area contributed by atoms with Crippen LogP contribution in [0.2, 0.25) is 0 Å². The lowest BCUT2D eigenvalue weighted by atomic mass is 10.1. The Labute approximate surface area is 210 Å². The number of fused-ring (bicyclic) bond motifs is 2. The van der Waals surface area contributed by atoms with Crippen LogP contribution in [-0.2, 0) is 0 Å². The van der Waals surface area contributed by atoms with Crippen LogP contribution in [-0.4, -0.2) is 26.9 Å². The van der Waals surface area contributed by atoms with E-state index in [4.69, 9.17) is 14.3 Å². The summed E-state index contributed by atoms with van der Waals surface area (Å²) in [6, 6.07) is 26.3. The van der Waals surface area contributed by atoms with Gasteiger partial charge in [-0.3, -0.25) is 4.79 Å². The van der Waals surface area contributed by atoms with Crippen LogP contribution < -0.4 is 10.3 Å². The number of rotatable bonds is 5. The molecule has 8 heteroatoms. The molecule has 0 saturated heterocycles. The number of hydrogen-bond acceptors (Lipinski definition) is 6. The highest BCUT2D eigenvalue weighted by atomic mass is 16.5. The highest BCUT2D eigenvalue weighted by Gasteiger charge is 2.18. The number of nitrogens with zero attached hydrogens (tertiary/aromatic N) is 4. The number of para-hydroxylation sites is 3. The molecule has 0 aliphatic carbocycles. The number of ether oxygens (including phenoxy) is 1. The van der Waals surface area contributed by atoms with E-state index < -0.39 is 0 Å². The van der Waals surface area contributed by atoms with E-state index in [1.165, 1.54) is 0 Å². The summed E-state index contributed by atoms with van der Waals surface area (Å²) in [6.45, 7) is 0. The highest BCUT2D eigenvalue weighted by molar-refractivity contribution is 5.93. The fourth-order valence-corrected chi connectivity index (χ4v) is 4.23. The molecule has 8 nitrogen and oxygen atoms in total. The van der Waals surface area contributed by atoms with E-state index in [9.17, 15) is 10.1 Å². The maximum atomic E-state index is 12.6. The second-order valence-corrected chi connectivity index (χ2v) is 8.30. The average Bonchev–Trinajstić information content (AvgIpc) is 3.56. The normalized spacial score (nSPS) is 11.6. The smallest absolute Gasteiger partial charge is 0.259 e. The first-order chi connectivity index (χ1) is 18.1. The summed E-state index contributed by atoms with van der Waals surface area (Å²) in [5, 5.41) is 16.1. The fourth-order valence-electron chi connectivity index (χ4n) is 4.23. The van der Waals surface area contributed by atoms with Crippen molar-refractivity contribution in [3.05, 3.63) is 107 Å². The van der Waals surface area contributed by atoms with Gasteiger partial charge < -0.3 is 14.1 Å². The van der Waals surface area contributed by atoms with Crippen molar-refractivity contribution < 1.29 is 9.15 Å². The van der Waals surface area contributed by atoms with Crippen LogP contribution >= 0.6 is 0 Å². The Hall–Kier alpha value is -5.42. The molecule has 0 atom stereocenters. The standard InChI is InChI=1S/C29H19N5O3/c1-36-24-13-7-8-18-15-25(37-27(18)24)26-20(17-34(33-26)21-9-3-2-4-10-21)14-19(16-30)28-31-23-12-6-5-11-22(23)29(35)32-28/h2-15,17H,1H3,(H,31,32,35). The van der Waals surface area contributed by atoms with Gasteiger partial charge in [0.05, 0.1) is 29.3 Å². The van der Waals surface area contributed by atoms with Gasteiger partial charge in [0, 0.05) is 17.1 Å². The van der Waals surface area contributed by atoms with Gasteiger partial charge in [-0.2, -0.15) is 10.4 Å². The minimum absolute atomic E-state index is 0.177. The quantitative estimate of drug-likeness (QED) is 0.319. The van der Waals surface area contributed by atoms with E-state index in [0.29, 0.717) is 39.3 Å². The Morgan fingerprint density at radius 1 is 1.08 bits per heavy atom. The molecule has 0 radical (unpaired) electrons. The first-order valence-corrected chi connectivity index (χ1v) is 11.5. The molecule has 0 aliphatic heterocycles. The van der Waals surface area contributed by atoms with Crippen molar-refractivity contribution in [3.63, 3.8) is 0 Å². The van der Waals surface area contributed by atoms with Crippen LogP contribution in [0.5, 0.6) is 5.75 Å². The second kappa shape index (κ2) is 8.98. The summed E-state index contributed by atoms with van der Waals surface area (Å²) in [5.41, 5.74) is 2.97. The van der Waals surface area contributed by atoms with Gasteiger partial charge in [0.2, 0.25) is 0 Å². The number of furan rings is 1. The number of aromatic amines is 1. The maximum absolute atomic E-state index is 12.6. The molecule has 0 fully saturated rings. The predicted molar refractivity (Wildman–Crippen MR) is 141 cm³/mol. The molecule has 3 aromatic heterocycles. The summed E-state index contributed by atoms with van der Waals surface area (Å²) in [4.78, 5) is 19.9. The number of H-pyrrole nitrogens is 1. The molecule has 6 aromatic rings. The third-order valence-corrected chi connectivity index (χ3v) is 6.01. The van der Waals surface area contributed by atoms with Crippen LogP contribution in [0.1, 0.15) is 11.4 Å². The number of allylic oxidation sites excluding steroid dienone is 1. The van der Waals surface area contributed by atoms with Gasteiger partial charge in [0.1, 0.15) is 11.8 Å². The summed E-state index contributed by atoms with van der Waals surface area (Å²) in [5.74, 6) is 1.30. The molecular weight excluding hydrogens is 466 g/mol. The first kappa shape index (κ1) is 22.1. The molecule has 3 aromatic carbocycles.